The highest BCUT2D eigenvalue weighted by molar-refractivity contribution is 7.13. The van der Waals surface area contributed by atoms with Crippen LogP contribution < -0.4 is 0 Å². The smallest absolute Gasteiger partial charge is 0.0838 e. The van der Waals surface area contributed by atoms with Crippen LogP contribution in [-0.2, 0) is 0 Å². The van der Waals surface area contributed by atoms with E-state index >= 15 is 0 Å². The standard InChI is InChI=1S/C15H18OS/c1-15(2,3)14(16)12-7-4-6-11(10-12)13-8-5-9-17-13/h4-10,14,16H,1-3H3/t14-/m0/s1. The topological polar surface area (TPSA) is 20.2 Å². The van der Waals surface area contributed by atoms with Crippen molar-refractivity contribution in [2.24, 2.45) is 5.41 Å². The van der Waals surface area contributed by atoms with Gasteiger partial charge >= 0.3 is 0 Å². The Hall–Kier alpha value is -1.12. The van der Waals surface area contributed by atoms with Gasteiger partial charge in [0, 0.05) is 4.88 Å². The molecule has 0 aliphatic heterocycles. The minimum absolute atomic E-state index is 0.131. The van der Waals surface area contributed by atoms with Crippen LogP contribution >= 0.6 is 11.3 Å². The van der Waals surface area contributed by atoms with Crippen molar-refractivity contribution in [1.29, 1.82) is 0 Å². The van der Waals surface area contributed by atoms with E-state index in [1.807, 2.05) is 18.2 Å². The maximum atomic E-state index is 10.3. The number of thiophene rings is 1. The summed E-state index contributed by atoms with van der Waals surface area (Å²) in [5, 5.41) is 12.4. The molecule has 1 N–H and O–H groups in total. The van der Waals surface area contributed by atoms with Gasteiger partial charge in [-0.1, -0.05) is 45.0 Å². The highest BCUT2D eigenvalue weighted by Gasteiger charge is 2.23. The van der Waals surface area contributed by atoms with Crippen LogP contribution in [0.3, 0.4) is 0 Å². The van der Waals surface area contributed by atoms with Crippen LogP contribution in [0.5, 0.6) is 0 Å². The molecule has 0 fully saturated rings. The van der Waals surface area contributed by atoms with E-state index in [1.165, 1.54) is 10.4 Å². The molecule has 0 saturated heterocycles. The zero-order chi connectivity index (χ0) is 12.5. The third kappa shape index (κ3) is 2.76. The fourth-order valence-corrected chi connectivity index (χ4v) is 2.53. The van der Waals surface area contributed by atoms with Crippen molar-refractivity contribution < 1.29 is 5.11 Å². The van der Waals surface area contributed by atoms with E-state index in [-0.39, 0.29) is 5.41 Å². The second-order valence-electron chi connectivity index (χ2n) is 5.37. The van der Waals surface area contributed by atoms with Crippen molar-refractivity contribution in [2.75, 3.05) is 0 Å². The fourth-order valence-electron chi connectivity index (χ4n) is 1.80. The molecule has 0 saturated carbocycles. The molecule has 1 nitrogen and oxygen atoms in total. The van der Waals surface area contributed by atoms with Gasteiger partial charge in [0.2, 0.25) is 0 Å². The van der Waals surface area contributed by atoms with Gasteiger partial charge in [-0.25, -0.2) is 0 Å². The van der Waals surface area contributed by atoms with Crippen LogP contribution in [0.25, 0.3) is 10.4 Å². The van der Waals surface area contributed by atoms with Crippen LogP contribution in [0.2, 0.25) is 0 Å². The summed E-state index contributed by atoms with van der Waals surface area (Å²) in [6, 6.07) is 12.3. The van der Waals surface area contributed by atoms with Crippen molar-refractivity contribution in [1.82, 2.24) is 0 Å². The number of benzene rings is 1. The van der Waals surface area contributed by atoms with Gasteiger partial charge in [-0.3, -0.25) is 0 Å². The number of aliphatic hydroxyl groups excluding tert-OH is 1. The molecule has 17 heavy (non-hydrogen) atoms. The first-order chi connectivity index (χ1) is 7.98. The van der Waals surface area contributed by atoms with Gasteiger partial charge in [0.1, 0.15) is 0 Å². The molecule has 1 aromatic carbocycles. The average molecular weight is 246 g/mol. The molecule has 90 valence electrons. The predicted molar refractivity (Wildman–Crippen MR) is 74.2 cm³/mol. The zero-order valence-electron chi connectivity index (χ0n) is 10.5. The Morgan fingerprint density at radius 1 is 1.12 bits per heavy atom. The second-order valence-corrected chi connectivity index (χ2v) is 6.32. The Kier molecular flexibility index (Phi) is 3.36. The minimum Gasteiger partial charge on any atom is -0.388 e. The summed E-state index contributed by atoms with van der Waals surface area (Å²) in [7, 11) is 0. The highest BCUT2D eigenvalue weighted by Crippen LogP contribution is 2.34. The first-order valence-electron chi connectivity index (χ1n) is 5.80. The van der Waals surface area contributed by atoms with Gasteiger partial charge in [0.05, 0.1) is 6.10 Å². The third-order valence-corrected chi connectivity index (χ3v) is 3.75. The van der Waals surface area contributed by atoms with Crippen molar-refractivity contribution in [2.45, 2.75) is 26.9 Å². The Bertz CT molecular complexity index is 480. The number of rotatable bonds is 2. The molecule has 0 aliphatic rings. The fraction of sp³-hybridized carbons (Fsp3) is 0.333. The maximum Gasteiger partial charge on any atom is 0.0838 e. The van der Waals surface area contributed by atoms with E-state index in [0.29, 0.717) is 0 Å². The monoisotopic (exact) mass is 246 g/mol. The summed E-state index contributed by atoms with van der Waals surface area (Å²) < 4.78 is 0. The lowest BCUT2D eigenvalue weighted by Crippen LogP contribution is -2.17. The summed E-state index contributed by atoms with van der Waals surface area (Å²) in [6.07, 6.45) is -0.428. The molecule has 0 aliphatic carbocycles. The summed E-state index contributed by atoms with van der Waals surface area (Å²) in [5.74, 6) is 0. The lowest BCUT2D eigenvalue weighted by Gasteiger charge is -2.26. The molecule has 0 radical (unpaired) electrons. The van der Waals surface area contributed by atoms with E-state index in [0.717, 1.165) is 5.56 Å². The maximum absolute atomic E-state index is 10.3. The van der Waals surface area contributed by atoms with Crippen LogP contribution in [0, 0.1) is 5.41 Å². The van der Waals surface area contributed by atoms with E-state index in [1.54, 1.807) is 11.3 Å². The summed E-state index contributed by atoms with van der Waals surface area (Å²) >= 11 is 1.72. The first kappa shape index (κ1) is 12.3. The van der Waals surface area contributed by atoms with Gasteiger partial charge in [-0.15, -0.1) is 11.3 Å². The van der Waals surface area contributed by atoms with Gasteiger partial charge in [-0.05, 0) is 34.1 Å². The molecule has 1 aromatic heterocycles. The molecular formula is C15H18OS. The van der Waals surface area contributed by atoms with Gasteiger partial charge < -0.3 is 5.11 Å². The largest absolute Gasteiger partial charge is 0.388 e. The van der Waals surface area contributed by atoms with Gasteiger partial charge in [0.15, 0.2) is 0 Å². The van der Waals surface area contributed by atoms with Gasteiger partial charge in [-0.2, -0.15) is 0 Å². The molecule has 2 heteroatoms. The molecule has 0 unspecified atom stereocenters. The normalized spacial score (nSPS) is 13.6. The SMILES string of the molecule is CC(C)(C)[C@@H](O)c1cccc(-c2cccs2)c1. The Morgan fingerprint density at radius 2 is 1.88 bits per heavy atom. The molecule has 1 heterocycles. The Morgan fingerprint density at radius 3 is 2.47 bits per heavy atom. The van der Waals surface area contributed by atoms with Crippen LogP contribution in [0.4, 0.5) is 0 Å². The minimum atomic E-state index is -0.428. The quantitative estimate of drug-likeness (QED) is 0.827. The van der Waals surface area contributed by atoms with Crippen molar-refractivity contribution in [3.8, 4) is 10.4 Å². The zero-order valence-corrected chi connectivity index (χ0v) is 11.3. The van der Waals surface area contributed by atoms with E-state index in [9.17, 15) is 5.11 Å². The van der Waals surface area contributed by atoms with E-state index < -0.39 is 6.10 Å². The first-order valence-corrected chi connectivity index (χ1v) is 6.68. The van der Waals surface area contributed by atoms with Crippen LogP contribution in [0.1, 0.15) is 32.4 Å². The van der Waals surface area contributed by atoms with E-state index in [4.69, 9.17) is 0 Å². The van der Waals surface area contributed by atoms with Crippen molar-refractivity contribution in [3.05, 3.63) is 47.3 Å². The summed E-state index contributed by atoms with van der Waals surface area (Å²) in [4.78, 5) is 1.24. The molecule has 0 spiro atoms. The van der Waals surface area contributed by atoms with Crippen LogP contribution in [-0.4, -0.2) is 5.11 Å². The molecule has 1 atom stereocenters. The van der Waals surface area contributed by atoms with Gasteiger partial charge in [0.25, 0.3) is 0 Å². The third-order valence-electron chi connectivity index (χ3n) is 2.83. The molecule has 2 rings (SSSR count). The second kappa shape index (κ2) is 4.63. The summed E-state index contributed by atoms with van der Waals surface area (Å²) in [6.45, 7) is 6.15. The lowest BCUT2D eigenvalue weighted by atomic mass is 9.84. The predicted octanol–water partition coefficient (Wildman–Crippen LogP) is 4.49. The van der Waals surface area contributed by atoms with Crippen LogP contribution in [0.15, 0.2) is 41.8 Å². The number of hydrogen-bond acceptors (Lipinski definition) is 2. The Labute approximate surface area is 107 Å². The molecule has 0 amide bonds. The van der Waals surface area contributed by atoms with Crippen molar-refractivity contribution in [3.63, 3.8) is 0 Å². The highest BCUT2D eigenvalue weighted by atomic mass is 32.1. The van der Waals surface area contributed by atoms with E-state index in [2.05, 4.69) is 44.4 Å². The Balaban J connectivity index is 2.36. The molecule has 0 bridgehead atoms. The number of hydrogen-bond donors (Lipinski definition) is 1. The molecule has 2 aromatic rings. The lowest BCUT2D eigenvalue weighted by molar-refractivity contribution is 0.0627. The number of aliphatic hydroxyl groups is 1. The molecular weight excluding hydrogens is 228 g/mol. The van der Waals surface area contributed by atoms with Crippen molar-refractivity contribution >= 4 is 11.3 Å². The summed E-state index contributed by atoms with van der Waals surface area (Å²) in [5.41, 5.74) is 2.04. The average Bonchev–Trinajstić information content (AvgIpc) is 2.80.